The van der Waals surface area contributed by atoms with E-state index in [0.29, 0.717) is 16.9 Å². The van der Waals surface area contributed by atoms with Crippen molar-refractivity contribution in [3.8, 4) is 0 Å². The van der Waals surface area contributed by atoms with E-state index in [-0.39, 0.29) is 17.3 Å². The number of rotatable bonds is 3. The lowest BCUT2D eigenvalue weighted by molar-refractivity contribution is 0.0596. The van der Waals surface area contributed by atoms with Crippen LogP contribution in [0.2, 0.25) is 0 Å². The van der Waals surface area contributed by atoms with E-state index < -0.39 is 5.97 Å². The standard InChI is InChI=1S/C26H34O3/c1-26-12-5-8-23(26)19-10-9-17-14-22(25(28)29)21(15-20(17)18(19)11-13-26)24(27)16-6-3-2-4-7-16/h14-16,18-19,23H,2-13H2,1H3,(H,28,29)/t18-,19+,23-,26-/m0/s1. The van der Waals surface area contributed by atoms with Gasteiger partial charge in [0.15, 0.2) is 5.78 Å². The van der Waals surface area contributed by atoms with E-state index >= 15 is 0 Å². The molecule has 3 saturated carbocycles. The summed E-state index contributed by atoms with van der Waals surface area (Å²) in [7, 11) is 0. The first-order valence-electron chi connectivity index (χ1n) is 11.9. The van der Waals surface area contributed by atoms with Crippen LogP contribution in [-0.4, -0.2) is 16.9 Å². The third-order valence-electron chi connectivity index (χ3n) is 9.12. The Bertz CT molecular complexity index is 835. The largest absolute Gasteiger partial charge is 0.478 e. The summed E-state index contributed by atoms with van der Waals surface area (Å²) in [5.74, 6) is 1.22. The summed E-state index contributed by atoms with van der Waals surface area (Å²) < 4.78 is 0. The number of aromatic carboxylic acids is 1. The van der Waals surface area contributed by atoms with E-state index in [4.69, 9.17) is 0 Å². The molecule has 4 aliphatic rings. The number of benzene rings is 1. The Morgan fingerprint density at radius 3 is 2.48 bits per heavy atom. The molecule has 3 nitrogen and oxygen atoms in total. The average molecular weight is 395 g/mol. The van der Waals surface area contributed by atoms with Gasteiger partial charge in [-0.3, -0.25) is 4.79 Å². The Labute approximate surface area is 174 Å². The van der Waals surface area contributed by atoms with Gasteiger partial charge in [0.25, 0.3) is 0 Å². The maximum atomic E-state index is 13.3. The summed E-state index contributed by atoms with van der Waals surface area (Å²) in [5.41, 5.74) is 3.79. The van der Waals surface area contributed by atoms with Crippen LogP contribution in [0.3, 0.4) is 0 Å². The number of carboxylic acid groups (broad SMARTS) is 1. The predicted molar refractivity (Wildman–Crippen MR) is 114 cm³/mol. The minimum atomic E-state index is -0.943. The molecule has 0 radical (unpaired) electrons. The van der Waals surface area contributed by atoms with Crippen LogP contribution in [0.15, 0.2) is 12.1 Å². The van der Waals surface area contributed by atoms with E-state index in [1.165, 1.54) is 56.1 Å². The fourth-order valence-corrected chi connectivity index (χ4v) is 7.58. The number of hydrogen-bond donors (Lipinski definition) is 1. The molecule has 0 spiro atoms. The van der Waals surface area contributed by atoms with Crippen LogP contribution in [-0.2, 0) is 6.42 Å². The van der Waals surface area contributed by atoms with E-state index in [1.807, 2.05) is 12.1 Å². The molecule has 5 rings (SSSR count). The predicted octanol–water partition coefficient (Wildman–Crippen LogP) is 6.39. The van der Waals surface area contributed by atoms with Crippen LogP contribution in [0.4, 0.5) is 0 Å². The molecule has 4 atom stereocenters. The number of carbonyl (C=O) groups is 2. The molecule has 0 saturated heterocycles. The second kappa shape index (κ2) is 7.25. The average Bonchev–Trinajstić information content (AvgIpc) is 3.14. The Kier molecular flexibility index (Phi) is 4.83. The second-order valence-corrected chi connectivity index (χ2v) is 10.6. The molecule has 1 aromatic carbocycles. The Morgan fingerprint density at radius 2 is 1.72 bits per heavy atom. The van der Waals surface area contributed by atoms with Crippen LogP contribution in [0.1, 0.15) is 115 Å². The van der Waals surface area contributed by atoms with Gasteiger partial charge in [-0.1, -0.05) is 32.6 Å². The van der Waals surface area contributed by atoms with Crippen LogP contribution in [0.25, 0.3) is 0 Å². The second-order valence-electron chi connectivity index (χ2n) is 10.6. The van der Waals surface area contributed by atoms with Gasteiger partial charge in [-0.25, -0.2) is 4.79 Å². The Hall–Kier alpha value is -1.64. The summed E-state index contributed by atoms with van der Waals surface area (Å²) >= 11 is 0. The van der Waals surface area contributed by atoms with Crippen LogP contribution < -0.4 is 0 Å². The van der Waals surface area contributed by atoms with Crippen molar-refractivity contribution in [3.05, 3.63) is 34.4 Å². The third-order valence-corrected chi connectivity index (χ3v) is 9.12. The first kappa shape index (κ1) is 19.3. The maximum Gasteiger partial charge on any atom is 0.336 e. The van der Waals surface area contributed by atoms with E-state index in [0.717, 1.165) is 43.9 Å². The van der Waals surface area contributed by atoms with Gasteiger partial charge >= 0.3 is 5.97 Å². The zero-order valence-corrected chi connectivity index (χ0v) is 17.7. The lowest BCUT2D eigenvalue weighted by Gasteiger charge is -2.49. The fraction of sp³-hybridized carbons (Fsp3) is 0.692. The first-order valence-corrected chi connectivity index (χ1v) is 11.9. The maximum absolute atomic E-state index is 13.3. The minimum absolute atomic E-state index is 0.0174. The molecule has 3 fully saturated rings. The van der Waals surface area contributed by atoms with Gasteiger partial charge in [0.2, 0.25) is 0 Å². The van der Waals surface area contributed by atoms with E-state index in [2.05, 4.69) is 6.92 Å². The van der Waals surface area contributed by atoms with Gasteiger partial charge in [-0.15, -0.1) is 0 Å². The molecule has 1 N–H and O–H groups in total. The van der Waals surface area contributed by atoms with Crippen molar-refractivity contribution in [2.75, 3.05) is 0 Å². The molecule has 0 aromatic heterocycles. The smallest absolute Gasteiger partial charge is 0.336 e. The third kappa shape index (κ3) is 3.16. The number of carboxylic acids is 1. The van der Waals surface area contributed by atoms with Crippen LogP contribution >= 0.6 is 0 Å². The van der Waals surface area contributed by atoms with Crippen molar-refractivity contribution in [2.45, 2.75) is 89.9 Å². The van der Waals surface area contributed by atoms with Gasteiger partial charge in [0.05, 0.1) is 5.56 Å². The lowest BCUT2D eigenvalue weighted by atomic mass is 9.55. The summed E-state index contributed by atoms with van der Waals surface area (Å²) in [5, 5.41) is 9.85. The summed E-state index contributed by atoms with van der Waals surface area (Å²) in [6, 6.07) is 3.91. The van der Waals surface area contributed by atoms with Crippen molar-refractivity contribution in [3.63, 3.8) is 0 Å². The Balaban J connectivity index is 1.53. The van der Waals surface area contributed by atoms with E-state index in [9.17, 15) is 14.7 Å². The molecular weight excluding hydrogens is 360 g/mol. The summed E-state index contributed by atoms with van der Waals surface area (Å²) in [6.07, 6.45) is 14.0. The monoisotopic (exact) mass is 394 g/mol. The minimum Gasteiger partial charge on any atom is -0.478 e. The summed E-state index contributed by atoms with van der Waals surface area (Å²) in [4.78, 5) is 25.4. The highest BCUT2D eigenvalue weighted by Gasteiger charge is 2.50. The van der Waals surface area contributed by atoms with Crippen molar-refractivity contribution in [1.82, 2.24) is 0 Å². The van der Waals surface area contributed by atoms with Gasteiger partial charge in [-0.05, 0) is 97.8 Å². The molecular formula is C26H34O3. The topological polar surface area (TPSA) is 54.4 Å². The molecule has 156 valence electrons. The van der Waals surface area contributed by atoms with Crippen LogP contribution in [0.5, 0.6) is 0 Å². The molecule has 0 unspecified atom stereocenters. The highest BCUT2D eigenvalue weighted by atomic mass is 16.4. The van der Waals surface area contributed by atoms with Crippen molar-refractivity contribution in [2.24, 2.45) is 23.2 Å². The fourth-order valence-electron chi connectivity index (χ4n) is 7.58. The zero-order chi connectivity index (χ0) is 20.2. The van der Waals surface area contributed by atoms with Crippen molar-refractivity contribution in [1.29, 1.82) is 0 Å². The number of aryl methyl sites for hydroxylation is 1. The number of ketones is 1. The SMILES string of the molecule is C[C@@]12CCC[C@H]1[C@@H]1CCc3cc(C(=O)O)c(C(=O)C4CCCCC4)cc3[C@H]1CC2. The van der Waals surface area contributed by atoms with Gasteiger partial charge in [0.1, 0.15) is 0 Å². The van der Waals surface area contributed by atoms with Gasteiger partial charge in [-0.2, -0.15) is 0 Å². The summed E-state index contributed by atoms with van der Waals surface area (Å²) in [6.45, 7) is 2.50. The zero-order valence-electron chi connectivity index (χ0n) is 17.7. The highest BCUT2D eigenvalue weighted by molar-refractivity contribution is 6.07. The molecule has 1 aromatic rings. The molecule has 3 heteroatoms. The molecule has 0 heterocycles. The Morgan fingerprint density at radius 1 is 0.931 bits per heavy atom. The lowest BCUT2D eigenvalue weighted by Crippen LogP contribution is -2.39. The first-order chi connectivity index (χ1) is 14.0. The number of Topliss-reactive ketones (excluding diaryl/α,β-unsaturated/α-hetero) is 1. The molecule has 29 heavy (non-hydrogen) atoms. The highest BCUT2D eigenvalue weighted by Crippen LogP contribution is 2.61. The molecule has 0 amide bonds. The van der Waals surface area contributed by atoms with Gasteiger partial charge < -0.3 is 5.11 Å². The van der Waals surface area contributed by atoms with Crippen LogP contribution in [0, 0.1) is 23.2 Å². The number of fused-ring (bicyclic) bond motifs is 5. The number of carbonyl (C=O) groups excluding carboxylic acids is 1. The van der Waals surface area contributed by atoms with Crippen molar-refractivity contribution < 1.29 is 14.7 Å². The molecule has 0 bridgehead atoms. The number of hydrogen-bond acceptors (Lipinski definition) is 2. The molecule has 4 aliphatic carbocycles. The quantitative estimate of drug-likeness (QED) is 0.604. The van der Waals surface area contributed by atoms with Gasteiger partial charge in [0, 0.05) is 11.5 Å². The van der Waals surface area contributed by atoms with Crippen molar-refractivity contribution >= 4 is 11.8 Å². The normalized spacial score (nSPS) is 34.2. The van der Waals surface area contributed by atoms with E-state index in [1.54, 1.807) is 0 Å². The molecule has 0 aliphatic heterocycles.